The van der Waals surface area contributed by atoms with Crippen LogP contribution in [0.4, 0.5) is 0 Å². The van der Waals surface area contributed by atoms with Gasteiger partial charge in [0, 0.05) is 18.4 Å². The Hall–Kier alpha value is -0.890. The highest BCUT2D eigenvalue weighted by molar-refractivity contribution is 5.26. The second-order valence-corrected chi connectivity index (χ2v) is 4.66. The van der Waals surface area contributed by atoms with Gasteiger partial charge >= 0.3 is 0 Å². The lowest BCUT2D eigenvalue weighted by Crippen LogP contribution is -2.16. The van der Waals surface area contributed by atoms with E-state index in [0.717, 1.165) is 12.8 Å². The monoisotopic (exact) mass is 220 g/mol. The smallest absolute Gasteiger partial charge is 0.0303 e. The van der Waals surface area contributed by atoms with E-state index in [1.165, 1.54) is 24.0 Å². The predicted molar refractivity (Wildman–Crippen MR) is 69.2 cm³/mol. The molecule has 0 aliphatic rings. The van der Waals surface area contributed by atoms with Crippen LogP contribution in [0.25, 0.3) is 0 Å². The SMILES string of the molecule is CCCC(C)CC(N)c1ccncc1CC. The molecule has 0 amide bonds. The van der Waals surface area contributed by atoms with Crippen molar-refractivity contribution >= 4 is 0 Å². The van der Waals surface area contributed by atoms with E-state index in [4.69, 9.17) is 5.73 Å². The molecule has 0 aliphatic heterocycles. The Morgan fingerprint density at radius 2 is 2.12 bits per heavy atom. The maximum Gasteiger partial charge on any atom is 0.0303 e. The third kappa shape index (κ3) is 3.60. The quantitative estimate of drug-likeness (QED) is 0.797. The van der Waals surface area contributed by atoms with Crippen molar-refractivity contribution < 1.29 is 0 Å². The molecule has 2 N–H and O–H groups in total. The Bertz CT molecular complexity index is 309. The maximum atomic E-state index is 6.27. The number of hydrogen-bond donors (Lipinski definition) is 1. The first-order valence-electron chi connectivity index (χ1n) is 6.37. The highest BCUT2D eigenvalue weighted by Gasteiger charge is 2.13. The molecule has 0 saturated carbocycles. The van der Waals surface area contributed by atoms with Crippen LogP contribution in [0.15, 0.2) is 18.5 Å². The fourth-order valence-electron chi connectivity index (χ4n) is 2.27. The third-order valence-electron chi connectivity index (χ3n) is 3.16. The number of pyridine rings is 1. The van der Waals surface area contributed by atoms with Gasteiger partial charge in [-0.05, 0) is 36.0 Å². The van der Waals surface area contributed by atoms with Crippen LogP contribution in [-0.4, -0.2) is 4.98 Å². The Morgan fingerprint density at radius 1 is 1.38 bits per heavy atom. The topological polar surface area (TPSA) is 38.9 Å². The van der Waals surface area contributed by atoms with E-state index in [1.54, 1.807) is 0 Å². The molecular weight excluding hydrogens is 196 g/mol. The summed E-state index contributed by atoms with van der Waals surface area (Å²) in [5, 5.41) is 0. The molecule has 2 unspecified atom stereocenters. The third-order valence-corrected chi connectivity index (χ3v) is 3.16. The Labute approximate surface area is 99.3 Å². The van der Waals surface area contributed by atoms with Crippen LogP contribution in [0.3, 0.4) is 0 Å². The van der Waals surface area contributed by atoms with Crippen molar-refractivity contribution in [1.29, 1.82) is 0 Å². The van der Waals surface area contributed by atoms with Crippen LogP contribution in [0.5, 0.6) is 0 Å². The fraction of sp³-hybridized carbons (Fsp3) is 0.643. The second-order valence-electron chi connectivity index (χ2n) is 4.66. The Balaban J connectivity index is 2.68. The largest absolute Gasteiger partial charge is 0.324 e. The first-order valence-corrected chi connectivity index (χ1v) is 6.37. The molecule has 0 spiro atoms. The molecule has 1 heterocycles. The minimum atomic E-state index is 0.166. The van der Waals surface area contributed by atoms with E-state index in [1.807, 2.05) is 12.4 Å². The van der Waals surface area contributed by atoms with Crippen LogP contribution in [0.1, 0.15) is 57.2 Å². The van der Waals surface area contributed by atoms with Gasteiger partial charge in [0.2, 0.25) is 0 Å². The van der Waals surface area contributed by atoms with Gasteiger partial charge in [-0.1, -0.05) is 33.6 Å². The van der Waals surface area contributed by atoms with E-state index < -0.39 is 0 Å². The van der Waals surface area contributed by atoms with Gasteiger partial charge in [0.25, 0.3) is 0 Å². The standard InChI is InChI=1S/C14H24N2/c1-4-6-11(3)9-14(15)13-7-8-16-10-12(13)5-2/h7-8,10-11,14H,4-6,9,15H2,1-3H3. The van der Waals surface area contributed by atoms with Crippen LogP contribution in [0.2, 0.25) is 0 Å². The van der Waals surface area contributed by atoms with Gasteiger partial charge in [-0.2, -0.15) is 0 Å². The van der Waals surface area contributed by atoms with E-state index in [2.05, 4.69) is 31.8 Å². The van der Waals surface area contributed by atoms with Gasteiger partial charge < -0.3 is 5.73 Å². The van der Waals surface area contributed by atoms with E-state index in [-0.39, 0.29) is 6.04 Å². The van der Waals surface area contributed by atoms with Crippen molar-refractivity contribution in [2.75, 3.05) is 0 Å². The molecule has 0 radical (unpaired) electrons. The van der Waals surface area contributed by atoms with Gasteiger partial charge in [-0.25, -0.2) is 0 Å². The predicted octanol–water partition coefficient (Wildman–Crippen LogP) is 3.47. The lowest BCUT2D eigenvalue weighted by molar-refractivity contribution is 0.439. The number of hydrogen-bond acceptors (Lipinski definition) is 2. The molecule has 16 heavy (non-hydrogen) atoms. The maximum absolute atomic E-state index is 6.27. The van der Waals surface area contributed by atoms with Crippen molar-refractivity contribution in [3.63, 3.8) is 0 Å². The Kier molecular flexibility index (Phi) is 5.47. The van der Waals surface area contributed by atoms with Crippen molar-refractivity contribution in [3.05, 3.63) is 29.6 Å². The lowest BCUT2D eigenvalue weighted by Gasteiger charge is -2.19. The number of nitrogens with two attached hydrogens (primary N) is 1. The molecule has 0 bridgehead atoms. The molecule has 1 aromatic heterocycles. The molecule has 0 aliphatic carbocycles. The normalized spacial score (nSPS) is 14.8. The fourth-order valence-corrected chi connectivity index (χ4v) is 2.27. The van der Waals surface area contributed by atoms with E-state index >= 15 is 0 Å². The number of nitrogens with zero attached hydrogens (tertiary/aromatic N) is 1. The first-order chi connectivity index (χ1) is 7.69. The zero-order valence-electron chi connectivity index (χ0n) is 10.7. The summed E-state index contributed by atoms with van der Waals surface area (Å²) >= 11 is 0. The minimum Gasteiger partial charge on any atom is -0.324 e. The summed E-state index contributed by atoms with van der Waals surface area (Å²) in [5.74, 6) is 0.706. The van der Waals surface area contributed by atoms with Crippen LogP contribution in [-0.2, 0) is 6.42 Å². The lowest BCUT2D eigenvalue weighted by atomic mass is 9.91. The van der Waals surface area contributed by atoms with Crippen molar-refractivity contribution in [1.82, 2.24) is 4.98 Å². The average Bonchev–Trinajstić information content (AvgIpc) is 2.29. The molecule has 90 valence electrons. The summed E-state index contributed by atoms with van der Waals surface area (Å²) in [6.45, 7) is 6.67. The summed E-state index contributed by atoms with van der Waals surface area (Å²) in [5.41, 5.74) is 8.84. The zero-order valence-corrected chi connectivity index (χ0v) is 10.7. The zero-order chi connectivity index (χ0) is 12.0. The molecule has 0 aromatic carbocycles. The van der Waals surface area contributed by atoms with Gasteiger partial charge in [-0.15, -0.1) is 0 Å². The van der Waals surface area contributed by atoms with E-state index in [9.17, 15) is 0 Å². The van der Waals surface area contributed by atoms with Gasteiger partial charge in [0.15, 0.2) is 0 Å². The molecule has 1 aromatic rings. The van der Waals surface area contributed by atoms with Gasteiger partial charge in [0.1, 0.15) is 0 Å². The van der Waals surface area contributed by atoms with Crippen molar-refractivity contribution in [3.8, 4) is 0 Å². The summed E-state index contributed by atoms with van der Waals surface area (Å²) in [7, 11) is 0. The summed E-state index contributed by atoms with van der Waals surface area (Å²) in [6, 6.07) is 2.24. The number of aryl methyl sites for hydroxylation is 1. The summed E-state index contributed by atoms with van der Waals surface area (Å²) < 4.78 is 0. The highest BCUT2D eigenvalue weighted by Crippen LogP contribution is 2.24. The Morgan fingerprint density at radius 3 is 2.75 bits per heavy atom. The second kappa shape index (κ2) is 6.64. The molecular formula is C14H24N2. The number of rotatable bonds is 6. The van der Waals surface area contributed by atoms with E-state index in [0.29, 0.717) is 5.92 Å². The number of aromatic nitrogens is 1. The van der Waals surface area contributed by atoms with Crippen LogP contribution in [0, 0.1) is 5.92 Å². The van der Waals surface area contributed by atoms with Crippen molar-refractivity contribution in [2.45, 2.75) is 52.5 Å². The average molecular weight is 220 g/mol. The summed E-state index contributed by atoms with van der Waals surface area (Å²) in [6.07, 6.45) is 8.38. The van der Waals surface area contributed by atoms with Crippen molar-refractivity contribution in [2.24, 2.45) is 11.7 Å². The molecule has 0 saturated heterocycles. The molecule has 2 nitrogen and oxygen atoms in total. The molecule has 2 heteroatoms. The summed E-state index contributed by atoms with van der Waals surface area (Å²) in [4.78, 5) is 4.16. The van der Waals surface area contributed by atoms with Gasteiger partial charge in [-0.3, -0.25) is 4.98 Å². The molecule has 1 rings (SSSR count). The van der Waals surface area contributed by atoms with Gasteiger partial charge in [0.05, 0.1) is 0 Å². The highest BCUT2D eigenvalue weighted by atomic mass is 14.7. The van der Waals surface area contributed by atoms with Crippen LogP contribution < -0.4 is 5.73 Å². The minimum absolute atomic E-state index is 0.166. The molecule has 2 atom stereocenters. The molecule has 0 fully saturated rings. The first kappa shape index (κ1) is 13.2. The van der Waals surface area contributed by atoms with Crippen LogP contribution >= 0.6 is 0 Å².